The highest BCUT2D eigenvalue weighted by Gasteiger charge is 2.39. The molecule has 0 aromatic rings. The number of fused-ring (bicyclic) bond motifs is 1. The van der Waals surface area contributed by atoms with Gasteiger partial charge in [0, 0.05) is 5.41 Å². The van der Waals surface area contributed by atoms with Crippen molar-refractivity contribution in [1.82, 2.24) is 0 Å². The van der Waals surface area contributed by atoms with E-state index in [9.17, 15) is 0 Å². The average Bonchev–Trinajstić information content (AvgIpc) is 2.17. The molecule has 0 bridgehead atoms. The van der Waals surface area contributed by atoms with Gasteiger partial charge in [-0.05, 0) is 37.5 Å². The Morgan fingerprint density at radius 3 is 2.00 bits per heavy atom. The molecule has 0 nitrogen and oxygen atoms in total. The first-order valence-electron chi connectivity index (χ1n) is 5.61. The summed E-state index contributed by atoms with van der Waals surface area (Å²) in [5, 5.41) is 0. The van der Waals surface area contributed by atoms with Crippen LogP contribution in [0.15, 0.2) is 24.3 Å². The van der Waals surface area contributed by atoms with Gasteiger partial charge in [0.15, 0.2) is 0 Å². The third kappa shape index (κ3) is 1.37. The predicted octanol–water partition coefficient (Wildman–Crippen LogP) is 3.95. The smallest absolute Gasteiger partial charge is 0.0112 e. The molecule has 2 aliphatic carbocycles. The maximum atomic E-state index is 2.47. The molecule has 0 amide bonds. The van der Waals surface area contributed by atoms with E-state index in [0.717, 1.165) is 11.8 Å². The molecule has 0 saturated carbocycles. The van der Waals surface area contributed by atoms with Gasteiger partial charge in [-0.3, -0.25) is 0 Å². The third-order valence-electron chi connectivity index (χ3n) is 3.88. The van der Waals surface area contributed by atoms with Crippen LogP contribution in [0.3, 0.4) is 0 Å². The van der Waals surface area contributed by atoms with Crippen molar-refractivity contribution in [1.29, 1.82) is 0 Å². The monoisotopic (exact) mass is 176 g/mol. The van der Waals surface area contributed by atoms with Gasteiger partial charge in [-0.25, -0.2) is 0 Å². The van der Waals surface area contributed by atoms with Crippen molar-refractivity contribution in [3.05, 3.63) is 24.3 Å². The first-order chi connectivity index (χ1) is 6.26. The van der Waals surface area contributed by atoms with Gasteiger partial charge in [-0.1, -0.05) is 38.2 Å². The Hall–Kier alpha value is -0.520. The van der Waals surface area contributed by atoms with Crippen LogP contribution in [0.5, 0.6) is 0 Å². The lowest BCUT2D eigenvalue weighted by Crippen LogP contribution is -2.35. The molecule has 0 heteroatoms. The summed E-state index contributed by atoms with van der Waals surface area (Å²) in [7, 11) is 0. The van der Waals surface area contributed by atoms with Crippen molar-refractivity contribution in [2.24, 2.45) is 17.3 Å². The molecule has 0 unspecified atom stereocenters. The van der Waals surface area contributed by atoms with Crippen molar-refractivity contribution in [3.63, 3.8) is 0 Å². The van der Waals surface area contributed by atoms with E-state index in [0.29, 0.717) is 5.41 Å². The second-order valence-corrected chi connectivity index (χ2v) is 4.81. The molecule has 0 aliphatic heterocycles. The predicted molar refractivity (Wildman–Crippen MR) is 57.5 cm³/mol. The van der Waals surface area contributed by atoms with Crippen LogP contribution < -0.4 is 0 Å². The van der Waals surface area contributed by atoms with Crippen molar-refractivity contribution < 1.29 is 0 Å². The lowest BCUT2D eigenvalue weighted by molar-refractivity contribution is 0.173. The first kappa shape index (κ1) is 9.05. The van der Waals surface area contributed by atoms with E-state index >= 15 is 0 Å². The summed E-state index contributed by atoms with van der Waals surface area (Å²) in [6.45, 7) is 4.72. The maximum absolute atomic E-state index is 2.47. The molecule has 0 aromatic heterocycles. The Bertz CT molecular complexity index is 214. The van der Waals surface area contributed by atoms with Crippen LogP contribution in [0.25, 0.3) is 0 Å². The molecule has 2 rings (SSSR count). The lowest BCUT2D eigenvalue weighted by atomic mass is 9.60. The van der Waals surface area contributed by atoms with Gasteiger partial charge in [-0.2, -0.15) is 0 Å². The minimum atomic E-state index is 0.413. The van der Waals surface area contributed by atoms with Crippen LogP contribution in [-0.2, 0) is 0 Å². The molecule has 0 heterocycles. The Morgan fingerprint density at radius 2 is 1.62 bits per heavy atom. The van der Waals surface area contributed by atoms with E-state index < -0.39 is 0 Å². The summed E-state index contributed by atoms with van der Waals surface area (Å²) in [4.78, 5) is 0. The first-order valence-corrected chi connectivity index (χ1v) is 5.61. The quantitative estimate of drug-likeness (QED) is 0.531. The molecule has 0 saturated heterocycles. The van der Waals surface area contributed by atoms with E-state index in [2.05, 4.69) is 38.2 Å². The molecule has 2 aliphatic rings. The van der Waals surface area contributed by atoms with E-state index in [1.165, 1.54) is 25.7 Å². The van der Waals surface area contributed by atoms with Gasteiger partial charge in [0.1, 0.15) is 0 Å². The van der Waals surface area contributed by atoms with E-state index in [4.69, 9.17) is 0 Å². The molecule has 0 spiro atoms. The number of hydrogen-bond acceptors (Lipinski definition) is 0. The van der Waals surface area contributed by atoms with Gasteiger partial charge < -0.3 is 0 Å². The highest BCUT2D eigenvalue weighted by Crippen LogP contribution is 2.48. The Kier molecular flexibility index (Phi) is 2.31. The molecular formula is C13H20. The van der Waals surface area contributed by atoms with E-state index in [1.807, 2.05) is 0 Å². The number of hydrogen-bond donors (Lipinski definition) is 0. The normalized spacial score (nSPS) is 37.9. The molecule has 0 atom stereocenters. The Labute approximate surface area is 81.7 Å². The summed E-state index contributed by atoms with van der Waals surface area (Å²) in [5.41, 5.74) is 0.413. The van der Waals surface area contributed by atoms with Gasteiger partial charge in [-0.15, -0.1) is 0 Å². The molecular weight excluding hydrogens is 156 g/mol. The highest BCUT2D eigenvalue weighted by atomic mass is 14.4. The third-order valence-corrected chi connectivity index (χ3v) is 3.88. The van der Waals surface area contributed by atoms with Crippen molar-refractivity contribution in [2.45, 2.75) is 39.5 Å². The SMILES string of the molecule is CC(C)C12C=CCCC1CCC=C2. The van der Waals surface area contributed by atoms with Crippen LogP contribution in [0.4, 0.5) is 0 Å². The standard InChI is InChI=1S/C13H20/c1-11(2)13-9-5-3-7-12(13)8-4-6-10-13/h5-6,9-12H,3-4,7-8H2,1-2H3. The minimum absolute atomic E-state index is 0.413. The fraction of sp³-hybridized carbons (Fsp3) is 0.692. The highest BCUT2D eigenvalue weighted by molar-refractivity contribution is 5.20. The van der Waals surface area contributed by atoms with E-state index in [1.54, 1.807) is 0 Å². The van der Waals surface area contributed by atoms with Gasteiger partial charge in [0.05, 0.1) is 0 Å². The van der Waals surface area contributed by atoms with Crippen molar-refractivity contribution in [3.8, 4) is 0 Å². The maximum Gasteiger partial charge on any atom is 0.0112 e. The van der Waals surface area contributed by atoms with E-state index in [-0.39, 0.29) is 0 Å². The fourth-order valence-corrected chi connectivity index (χ4v) is 3.00. The van der Waals surface area contributed by atoms with Crippen molar-refractivity contribution >= 4 is 0 Å². The van der Waals surface area contributed by atoms with Crippen molar-refractivity contribution in [2.75, 3.05) is 0 Å². The van der Waals surface area contributed by atoms with Gasteiger partial charge in [0.25, 0.3) is 0 Å². The second-order valence-electron chi connectivity index (χ2n) is 4.81. The summed E-state index contributed by atoms with van der Waals surface area (Å²) < 4.78 is 0. The fourth-order valence-electron chi connectivity index (χ4n) is 3.00. The van der Waals surface area contributed by atoms with Gasteiger partial charge >= 0.3 is 0 Å². The molecule has 72 valence electrons. The van der Waals surface area contributed by atoms with Crippen LogP contribution in [0, 0.1) is 17.3 Å². The minimum Gasteiger partial charge on any atom is -0.0876 e. The molecule has 0 fully saturated rings. The summed E-state index contributed by atoms with van der Waals surface area (Å²) in [6.07, 6.45) is 15.1. The summed E-state index contributed by atoms with van der Waals surface area (Å²) in [5.74, 6) is 1.67. The topological polar surface area (TPSA) is 0 Å². The molecule has 0 radical (unpaired) electrons. The van der Waals surface area contributed by atoms with Crippen LogP contribution in [-0.4, -0.2) is 0 Å². The average molecular weight is 176 g/mol. The zero-order valence-electron chi connectivity index (χ0n) is 8.79. The number of allylic oxidation sites excluding steroid dienone is 4. The molecule has 0 aromatic carbocycles. The lowest BCUT2D eigenvalue weighted by Gasteiger charge is -2.44. The van der Waals surface area contributed by atoms with Crippen LogP contribution in [0.1, 0.15) is 39.5 Å². The largest absolute Gasteiger partial charge is 0.0876 e. The molecule has 13 heavy (non-hydrogen) atoms. The number of rotatable bonds is 1. The Morgan fingerprint density at radius 1 is 1.08 bits per heavy atom. The second kappa shape index (κ2) is 3.32. The summed E-state index contributed by atoms with van der Waals surface area (Å²) >= 11 is 0. The van der Waals surface area contributed by atoms with Crippen LogP contribution >= 0.6 is 0 Å². The summed E-state index contributed by atoms with van der Waals surface area (Å²) in [6, 6.07) is 0. The zero-order chi connectivity index (χ0) is 9.31. The van der Waals surface area contributed by atoms with Crippen LogP contribution in [0.2, 0.25) is 0 Å². The van der Waals surface area contributed by atoms with Gasteiger partial charge in [0.2, 0.25) is 0 Å². The zero-order valence-corrected chi connectivity index (χ0v) is 8.79. The molecule has 0 N–H and O–H groups in total. The Balaban J connectivity index is 2.36.